The molecule has 2 N–H and O–H groups in total. The van der Waals surface area contributed by atoms with E-state index in [1.807, 2.05) is 35.6 Å². The second kappa shape index (κ2) is 6.88. The van der Waals surface area contributed by atoms with E-state index in [-0.39, 0.29) is 17.6 Å². The van der Waals surface area contributed by atoms with Gasteiger partial charge >= 0.3 is 0 Å². The lowest BCUT2D eigenvalue weighted by atomic mass is 10.1. The lowest BCUT2D eigenvalue weighted by Crippen LogP contribution is -2.42. The summed E-state index contributed by atoms with van der Waals surface area (Å²) >= 11 is 1.27. The number of amides is 2. The Labute approximate surface area is 142 Å². The third-order valence-electron chi connectivity index (χ3n) is 3.53. The molecule has 2 aromatic heterocycles. The van der Waals surface area contributed by atoms with E-state index in [1.54, 1.807) is 6.92 Å². The van der Waals surface area contributed by atoms with E-state index in [2.05, 4.69) is 27.1 Å². The minimum absolute atomic E-state index is 0.132. The summed E-state index contributed by atoms with van der Waals surface area (Å²) in [4.78, 5) is 23.0. The van der Waals surface area contributed by atoms with E-state index >= 15 is 0 Å². The number of carbonyl (C=O) groups excluding carboxylic acids is 2. The van der Waals surface area contributed by atoms with Crippen molar-refractivity contribution in [2.75, 3.05) is 5.75 Å². The maximum Gasteiger partial charge on any atom is 0.248 e. The van der Waals surface area contributed by atoms with Gasteiger partial charge in [-0.25, -0.2) is 0 Å². The molecular weight excluding hydrogens is 326 g/mol. The van der Waals surface area contributed by atoms with Crippen molar-refractivity contribution in [3.05, 3.63) is 35.9 Å². The number of thioether (sulfide) groups is 1. The van der Waals surface area contributed by atoms with Gasteiger partial charge in [-0.15, -0.1) is 10.2 Å². The van der Waals surface area contributed by atoms with E-state index < -0.39 is 0 Å². The highest BCUT2D eigenvalue weighted by Gasteiger charge is 2.13. The highest BCUT2D eigenvalue weighted by atomic mass is 32.2. The monoisotopic (exact) mass is 343 g/mol. The lowest BCUT2D eigenvalue weighted by Gasteiger charge is -2.07. The largest absolute Gasteiger partial charge is 0.273 e. The van der Waals surface area contributed by atoms with Crippen molar-refractivity contribution in [2.24, 2.45) is 0 Å². The average Bonchev–Trinajstić information content (AvgIpc) is 3.03. The molecule has 0 aliphatic rings. The molecule has 0 atom stereocenters. The smallest absolute Gasteiger partial charge is 0.248 e. The van der Waals surface area contributed by atoms with Gasteiger partial charge in [0.05, 0.1) is 11.3 Å². The van der Waals surface area contributed by atoms with Crippen LogP contribution in [-0.4, -0.2) is 32.2 Å². The van der Waals surface area contributed by atoms with Gasteiger partial charge in [-0.05, 0) is 30.0 Å². The molecule has 124 valence electrons. The Kier molecular flexibility index (Phi) is 4.66. The first kappa shape index (κ1) is 16.3. The standard InChI is InChI=1S/C16H17N5O2S/c1-3-13(22)17-18-14(23)9-24-16-20-19-15-10(2)8-11-6-4-5-7-12(11)21(15)16/h4-8H,3,9H2,1-2H3,(H,17,22)(H,18,23). The number of pyridine rings is 1. The quantitative estimate of drug-likeness (QED) is 0.557. The summed E-state index contributed by atoms with van der Waals surface area (Å²) in [6.45, 7) is 3.70. The van der Waals surface area contributed by atoms with Crippen molar-refractivity contribution in [1.29, 1.82) is 0 Å². The molecule has 8 heteroatoms. The summed E-state index contributed by atoms with van der Waals surface area (Å²) in [7, 11) is 0. The van der Waals surface area contributed by atoms with Gasteiger partial charge in [0, 0.05) is 6.42 Å². The molecule has 1 aromatic carbocycles. The van der Waals surface area contributed by atoms with Crippen LogP contribution >= 0.6 is 11.8 Å². The lowest BCUT2D eigenvalue weighted by molar-refractivity contribution is -0.127. The van der Waals surface area contributed by atoms with E-state index in [0.717, 1.165) is 22.1 Å². The van der Waals surface area contributed by atoms with Crippen LogP contribution in [0, 0.1) is 6.92 Å². The normalized spacial score (nSPS) is 10.9. The van der Waals surface area contributed by atoms with Gasteiger partial charge in [-0.1, -0.05) is 36.9 Å². The summed E-state index contributed by atoms with van der Waals surface area (Å²) in [5.74, 6) is -0.397. The zero-order chi connectivity index (χ0) is 17.1. The Morgan fingerprint density at radius 2 is 1.92 bits per heavy atom. The maximum absolute atomic E-state index is 11.8. The summed E-state index contributed by atoms with van der Waals surface area (Å²) < 4.78 is 1.95. The number of para-hydroxylation sites is 1. The van der Waals surface area contributed by atoms with E-state index in [4.69, 9.17) is 0 Å². The number of aromatic nitrogens is 3. The number of hydrogen-bond donors (Lipinski definition) is 2. The van der Waals surface area contributed by atoms with Gasteiger partial charge in [0.2, 0.25) is 11.8 Å². The number of aryl methyl sites for hydroxylation is 1. The Morgan fingerprint density at radius 3 is 2.71 bits per heavy atom. The van der Waals surface area contributed by atoms with Crippen molar-refractivity contribution in [2.45, 2.75) is 25.4 Å². The van der Waals surface area contributed by atoms with E-state index in [9.17, 15) is 9.59 Å². The molecule has 2 heterocycles. The predicted octanol–water partition coefficient (Wildman–Crippen LogP) is 1.84. The minimum atomic E-state index is -0.296. The zero-order valence-corrected chi connectivity index (χ0v) is 14.2. The van der Waals surface area contributed by atoms with Crippen LogP contribution < -0.4 is 10.9 Å². The van der Waals surface area contributed by atoms with Crippen LogP contribution in [0.25, 0.3) is 16.6 Å². The van der Waals surface area contributed by atoms with Gasteiger partial charge in [-0.3, -0.25) is 24.8 Å². The van der Waals surface area contributed by atoms with Crippen LogP contribution in [0.1, 0.15) is 18.9 Å². The third-order valence-corrected chi connectivity index (χ3v) is 4.46. The fraction of sp³-hybridized carbons (Fsp3) is 0.250. The number of benzene rings is 1. The molecule has 3 aromatic rings. The summed E-state index contributed by atoms with van der Waals surface area (Å²) in [5.41, 5.74) is 7.51. The number of fused-ring (bicyclic) bond motifs is 3. The molecule has 0 bridgehead atoms. The van der Waals surface area contributed by atoms with Crippen molar-refractivity contribution in [3.8, 4) is 0 Å². The molecule has 0 saturated carbocycles. The van der Waals surface area contributed by atoms with Gasteiger partial charge in [-0.2, -0.15) is 0 Å². The summed E-state index contributed by atoms with van der Waals surface area (Å²) in [6, 6.07) is 10.0. The molecule has 7 nitrogen and oxygen atoms in total. The highest BCUT2D eigenvalue weighted by Crippen LogP contribution is 2.25. The molecule has 2 amide bonds. The van der Waals surface area contributed by atoms with Crippen molar-refractivity contribution < 1.29 is 9.59 Å². The van der Waals surface area contributed by atoms with Crippen molar-refractivity contribution >= 4 is 40.1 Å². The number of rotatable bonds is 4. The van der Waals surface area contributed by atoms with E-state index in [1.165, 1.54) is 11.8 Å². The Balaban J connectivity index is 1.83. The average molecular weight is 343 g/mol. The molecular formula is C16H17N5O2S. The van der Waals surface area contributed by atoms with Gasteiger partial charge in [0.25, 0.3) is 0 Å². The molecule has 0 fully saturated rings. The molecule has 0 spiro atoms. The second-order valence-corrected chi connectivity index (χ2v) is 6.21. The van der Waals surface area contributed by atoms with Crippen LogP contribution in [-0.2, 0) is 9.59 Å². The number of carbonyl (C=O) groups is 2. The molecule has 0 radical (unpaired) electrons. The number of hydrazine groups is 1. The summed E-state index contributed by atoms with van der Waals surface area (Å²) in [5, 5.41) is 10.2. The molecule has 3 rings (SSSR count). The fourth-order valence-electron chi connectivity index (χ4n) is 2.34. The zero-order valence-electron chi connectivity index (χ0n) is 13.4. The van der Waals surface area contributed by atoms with Crippen LogP contribution in [0.15, 0.2) is 35.5 Å². The minimum Gasteiger partial charge on any atom is -0.273 e. The van der Waals surface area contributed by atoms with Crippen molar-refractivity contribution in [1.82, 2.24) is 25.4 Å². The first-order chi connectivity index (χ1) is 11.6. The number of hydrogen-bond acceptors (Lipinski definition) is 5. The van der Waals surface area contributed by atoms with Crippen molar-refractivity contribution in [3.63, 3.8) is 0 Å². The van der Waals surface area contributed by atoms with Gasteiger partial charge in [0.1, 0.15) is 0 Å². The van der Waals surface area contributed by atoms with Gasteiger partial charge < -0.3 is 0 Å². The fourth-order valence-corrected chi connectivity index (χ4v) is 3.09. The molecule has 0 saturated heterocycles. The van der Waals surface area contributed by atoms with E-state index in [0.29, 0.717) is 11.6 Å². The van der Waals surface area contributed by atoms with Crippen LogP contribution in [0.3, 0.4) is 0 Å². The van der Waals surface area contributed by atoms with Crippen LogP contribution in [0.2, 0.25) is 0 Å². The topological polar surface area (TPSA) is 88.4 Å². The second-order valence-electron chi connectivity index (χ2n) is 5.27. The Morgan fingerprint density at radius 1 is 1.17 bits per heavy atom. The van der Waals surface area contributed by atoms with Crippen LogP contribution in [0.4, 0.5) is 0 Å². The van der Waals surface area contributed by atoms with Gasteiger partial charge in [0.15, 0.2) is 10.8 Å². The molecule has 24 heavy (non-hydrogen) atoms. The first-order valence-corrected chi connectivity index (χ1v) is 8.52. The Hall–Kier alpha value is -2.61. The Bertz CT molecular complexity index is 921. The molecule has 0 unspecified atom stereocenters. The van der Waals surface area contributed by atoms with Crippen LogP contribution in [0.5, 0.6) is 0 Å². The first-order valence-electron chi connectivity index (χ1n) is 7.54. The third kappa shape index (κ3) is 3.18. The number of nitrogens with one attached hydrogen (secondary N) is 2. The number of nitrogens with zero attached hydrogens (tertiary/aromatic N) is 3. The molecule has 0 aliphatic heterocycles. The highest BCUT2D eigenvalue weighted by molar-refractivity contribution is 7.99. The molecule has 0 aliphatic carbocycles. The predicted molar refractivity (Wildman–Crippen MR) is 92.5 cm³/mol. The summed E-state index contributed by atoms with van der Waals surface area (Å²) in [6.07, 6.45) is 0.313. The SMILES string of the molecule is CCC(=O)NNC(=O)CSc1nnc2c(C)cc3ccccc3n12. The maximum atomic E-state index is 11.8.